The summed E-state index contributed by atoms with van der Waals surface area (Å²) in [4.78, 5) is 4.68. The van der Waals surface area contributed by atoms with Crippen LogP contribution in [-0.4, -0.2) is 34.9 Å². The first-order chi connectivity index (χ1) is 21.9. The number of hydrogen-bond acceptors (Lipinski definition) is 7. The molecule has 1 aliphatic rings. The molecule has 4 aromatic carbocycles. The fraction of sp³-hybridized carbons (Fsp3) is 0.229. The van der Waals surface area contributed by atoms with Crippen LogP contribution in [0.3, 0.4) is 0 Å². The van der Waals surface area contributed by atoms with E-state index in [0.717, 1.165) is 44.3 Å². The molecular weight excluding hydrogens is 607 g/mol. The predicted molar refractivity (Wildman–Crippen MR) is 175 cm³/mol. The number of nitrogens with one attached hydrogen (secondary N) is 1. The minimum atomic E-state index is -3.60. The lowest BCUT2D eigenvalue weighted by atomic mass is 9.99. The van der Waals surface area contributed by atoms with Gasteiger partial charge in [-0.2, -0.15) is 0 Å². The average molecular weight is 642 g/mol. The molecule has 3 atom stereocenters. The Bertz CT molecular complexity index is 1810. The maximum Gasteiger partial charge on any atom is 0.240 e. The van der Waals surface area contributed by atoms with E-state index in [-0.39, 0.29) is 30.3 Å². The summed E-state index contributed by atoms with van der Waals surface area (Å²) in [5, 5.41) is 10.4. The molecule has 0 radical (unpaired) electrons. The third kappa shape index (κ3) is 7.73. The minimum Gasteiger partial charge on any atom is -0.392 e. The van der Waals surface area contributed by atoms with Gasteiger partial charge in [0.25, 0.3) is 0 Å². The first kappa shape index (κ1) is 31.2. The van der Waals surface area contributed by atoms with Crippen molar-refractivity contribution in [2.45, 2.75) is 48.1 Å². The van der Waals surface area contributed by atoms with Gasteiger partial charge in [-0.05, 0) is 46.0 Å². The topological polar surface area (TPSA) is 103 Å². The zero-order chi connectivity index (χ0) is 31.2. The molecule has 2 heterocycles. The number of aromatic nitrogens is 2. The van der Waals surface area contributed by atoms with E-state index in [1.54, 1.807) is 48.3 Å². The lowest BCUT2D eigenvalue weighted by molar-refractivity contribution is -0.245. The van der Waals surface area contributed by atoms with Gasteiger partial charge in [-0.15, -0.1) is 0 Å². The molecule has 232 valence electrons. The highest BCUT2D eigenvalue weighted by molar-refractivity contribution is 7.99. The molecule has 1 fully saturated rings. The highest BCUT2D eigenvalue weighted by Crippen LogP contribution is 2.39. The number of aryl methyl sites for hydroxylation is 1. The molecule has 1 aliphatic heterocycles. The number of imidazole rings is 1. The molecule has 2 N–H and O–H groups in total. The minimum absolute atomic E-state index is 0.000966. The molecule has 0 spiro atoms. The zero-order valence-corrected chi connectivity index (χ0v) is 26.5. The SMILES string of the molecule is Cn1ccnc1SCC1CC(c2ccc(CO)cc2)OC(c2ccc(-c3cccc(CNS(=O)(=O)c4ccccc4)c3)cc2)O1. The summed E-state index contributed by atoms with van der Waals surface area (Å²) in [5.41, 5.74) is 5.66. The smallest absolute Gasteiger partial charge is 0.240 e. The van der Waals surface area contributed by atoms with Crippen LogP contribution in [0.25, 0.3) is 11.1 Å². The molecule has 0 aliphatic carbocycles. The number of thioether (sulfide) groups is 1. The van der Waals surface area contributed by atoms with Crippen LogP contribution >= 0.6 is 11.8 Å². The Labute approximate surface area is 268 Å². The summed E-state index contributed by atoms with van der Waals surface area (Å²) < 4.78 is 43.0. The van der Waals surface area contributed by atoms with E-state index in [0.29, 0.717) is 6.42 Å². The molecule has 6 rings (SSSR count). The van der Waals surface area contributed by atoms with Gasteiger partial charge in [0.15, 0.2) is 11.4 Å². The van der Waals surface area contributed by atoms with Crippen LogP contribution in [0.5, 0.6) is 0 Å². The Balaban J connectivity index is 1.17. The number of sulfonamides is 1. The summed E-state index contributed by atoms with van der Waals surface area (Å²) in [6.07, 6.45) is 3.64. The Hall–Kier alpha value is -3.77. The zero-order valence-electron chi connectivity index (χ0n) is 24.8. The monoisotopic (exact) mass is 641 g/mol. The third-order valence-electron chi connectivity index (χ3n) is 7.75. The Morgan fingerprint density at radius 1 is 0.889 bits per heavy atom. The van der Waals surface area contributed by atoms with Gasteiger partial charge >= 0.3 is 0 Å². The maximum atomic E-state index is 12.7. The van der Waals surface area contributed by atoms with Crippen molar-refractivity contribution in [2.75, 3.05) is 5.75 Å². The number of nitrogens with zero attached hydrogens (tertiary/aromatic N) is 2. The van der Waals surface area contributed by atoms with E-state index in [1.807, 2.05) is 90.6 Å². The summed E-state index contributed by atoms with van der Waals surface area (Å²) in [7, 11) is -1.62. The van der Waals surface area contributed by atoms with Crippen LogP contribution in [0.4, 0.5) is 0 Å². The van der Waals surface area contributed by atoms with Crippen LogP contribution in [0.15, 0.2) is 126 Å². The number of ether oxygens (including phenoxy) is 2. The van der Waals surface area contributed by atoms with Crippen LogP contribution in [0.1, 0.15) is 41.1 Å². The van der Waals surface area contributed by atoms with Crippen LogP contribution in [-0.2, 0) is 39.7 Å². The van der Waals surface area contributed by atoms with E-state index in [1.165, 1.54) is 0 Å². The van der Waals surface area contributed by atoms with E-state index in [4.69, 9.17) is 9.47 Å². The molecule has 0 bridgehead atoms. The molecule has 10 heteroatoms. The number of aliphatic hydroxyl groups excluding tert-OH is 1. The third-order valence-corrected chi connectivity index (χ3v) is 10.4. The highest BCUT2D eigenvalue weighted by atomic mass is 32.2. The molecular formula is C35H35N3O5S2. The maximum absolute atomic E-state index is 12.7. The quantitative estimate of drug-likeness (QED) is 0.161. The van der Waals surface area contributed by atoms with Crippen molar-refractivity contribution in [3.8, 4) is 11.1 Å². The van der Waals surface area contributed by atoms with Gasteiger partial charge < -0.3 is 19.1 Å². The molecule has 3 unspecified atom stereocenters. The summed E-state index contributed by atoms with van der Waals surface area (Å²) in [5.74, 6) is 0.731. The van der Waals surface area contributed by atoms with Crippen molar-refractivity contribution in [1.82, 2.24) is 14.3 Å². The highest BCUT2D eigenvalue weighted by Gasteiger charge is 2.32. The first-order valence-corrected chi connectivity index (χ1v) is 17.2. The van der Waals surface area contributed by atoms with Crippen molar-refractivity contribution in [3.63, 3.8) is 0 Å². The summed E-state index contributed by atoms with van der Waals surface area (Å²) >= 11 is 1.66. The molecule has 5 aromatic rings. The predicted octanol–water partition coefficient (Wildman–Crippen LogP) is 6.40. The molecule has 0 saturated carbocycles. The van der Waals surface area contributed by atoms with Gasteiger partial charge in [0.1, 0.15) is 0 Å². The summed E-state index contributed by atoms with van der Waals surface area (Å²) in [6.45, 7) is 0.185. The molecule has 1 aromatic heterocycles. The normalized spacial score (nSPS) is 18.6. The number of hydrogen-bond donors (Lipinski definition) is 2. The van der Waals surface area contributed by atoms with Gasteiger partial charge in [-0.3, -0.25) is 0 Å². The second-order valence-electron chi connectivity index (χ2n) is 10.9. The standard InChI is InChI=1S/C35H35N3O5S2/c1-38-19-18-36-35(38)44-24-31-21-33(28-12-10-25(23-39)11-13-28)43-34(42-31)29-16-14-27(15-17-29)30-7-5-6-26(20-30)22-37-45(40,41)32-8-3-2-4-9-32/h2-20,31,33-34,37,39H,21-24H2,1H3. The Kier molecular flexibility index (Phi) is 9.79. The van der Waals surface area contributed by atoms with E-state index in [2.05, 4.69) is 9.71 Å². The molecule has 45 heavy (non-hydrogen) atoms. The van der Waals surface area contributed by atoms with E-state index >= 15 is 0 Å². The Morgan fingerprint density at radius 3 is 2.36 bits per heavy atom. The van der Waals surface area contributed by atoms with Crippen LogP contribution < -0.4 is 4.72 Å². The lowest BCUT2D eigenvalue weighted by Gasteiger charge is -2.36. The van der Waals surface area contributed by atoms with Gasteiger partial charge in [0.2, 0.25) is 10.0 Å². The second kappa shape index (κ2) is 14.1. The largest absolute Gasteiger partial charge is 0.392 e. The fourth-order valence-electron chi connectivity index (χ4n) is 5.24. The van der Waals surface area contributed by atoms with Crippen molar-refractivity contribution < 1.29 is 23.0 Å². The second-order valence-corrected chi connectivity index (χ2v) is 13.7. The van der Waals surface area contributed by atoms with Crippen LogP contribution in [0, 0.1) is 0 Å². The lowest BCUT2D eigenvalue weighted by Crippen LogP contribution is -2.31. The van der Waals surface area contributed by atoms with Gasteiger partial charge in [-0.1, -0.05) is 96.7 Å². The van der Waals surface area contributed by atoms with Gasteiger partial charge in [0, 0.05) is 43.7 Å². The van der Waals surface area contributed by atoms with Crippen molar-refractivity contribution in [3.05, 3.63) is 138 Å². The van der Waals surface area contributed by atoms with Crippen molar-refractivity contribution in [1.29, 1.82) is 0 Å². The molecule has 1 saturated heterocycles. The Morgan fingerprint density at radius 2 is 1.64 bits per heavy atom. The van der Waals surface area contributed by atoms with Gasteiger partial charge in [0.05, 0.1) is 23.7 Å². The van der Waals surface area contributed by atoms with E-state index < -0.39 is 16.3 Å². The van der Waals surface area contributed by atoms with E-state index in [9.17, 15) is 13.5 Å². The molecule has 8 nitrogen and oxygen atoms in total. The number of benzene rings is 4. The fourth-order valence-corrected chi connectivity index (χ4v) is 7.22. The van der Waals surface area contributed by atoms with Crippen LogP contribution in [0.2, 0.25) is 0 Å². The van der Waals surface area contributed by atoms with Crippen molar-refractivity contribution >= 4 is 21.8 Å². The van der Waals surface area contributed by atoms with Crippen molar-refractivity contribution in [2.24, 2.45) is 7.05 Å². The number of aliphatic hydroxyl groups is 1. The number of rotatable bonds is 11. The molecule has 0 amide bonds. The average Bonchev–Trinajstić information content (AvgIpc) is 3.51. The summed E-state index contributed by atoms with van der Waals surface area (Å²) in [6, 6.07) is 32.2. The first-order valence-electron chi connectivity index (χ1n) is 14.7. The van der Waals surface area contributed by atoms with Gasteiger partial charge in [-0.25, -0.2) is 18.1 Å².